The average molecular weight is 469 g/mol. The highest BCUT2D eigenvalue weighted by molar-refractivity contribution is 7.98. The van der Waals surface area contributed by atoms with Crippen molar-refractivity contribution in [2.75, 3.05) is 6.26 Å². The summed E-state index contributed by atoms with van der Waals surface area (Å²) in [6.45, 7) is 1.73. The Morgan fingerprint density at radius 2 is 1.63 bits per heavy atom. The number of halogens is 5. The minimum absolute atomic E-state index is 0.133. The number of thioether (sulfide) groups is 1. The monoisotopic (exact) mass is 468 g/mol. The molecule has 10 heteroatoms. The fraction of sp³-hybridized carbons (Fsp3) is 0.150. The standard InChI is InChI=1S/C20H13Cl2F3N4S/c1-10-26-16(11-6-4-3-5-7-11)15-18(27-10)29(28-19(15)30-2)17-13(21)8-12(9-14(17)22)20(23,24)25/h3-9H,1-2H3. The predicted octanol–water partition coefficient (Wildman–Crippen LogP) is 6.84. The number of hydrogen-bond acceptors (Lipinski definition) is 4. The number of rotatable bonds is 3. The molecule has 0 aliphatic carbocycles. The Morgan fingerprint density at radius 1 is 1.00 bits per heavy atom. The van der Waals surface area contributed by atoms with Gasteiger partial charge < -0.3 is 0 Å². The number of nitrogens with zero attached hydrogens (tertiary/aromatic N) is 4. The fourth-order valence-corrected chi connectivity index (χ4v) is 4.33. The molecule has 30 heavy (non-hydrogen) atoms. The molecule has 0 radical (unpaired) electrons. The molecule has 0 amide bonds. The highest BCUT2D eigenvalue weighted by Crippen LogP contribution is 2.40. The summed E-state index contributed by atoms with van der Waals surface area (Å²) in [6, 6.07) is 11.2. The molecule has 4 aromatic rings. The minimum atomic E-state index is -4.57. The Hall–Kier alpha value is -2.29. The summed E-state index contributed by atoms with van der Waals surface area (Å²) in [5, 5.41) is 5.47. The molecular weight excluding hydrogens is 456 g/mol. The number of hydrogen-bond donors (Lipinski definition) is 0. The number of aryl methyl sites for hydroxylation is 1. The second kappa shape index (κ2) is 7.76. The number of aromatic nitrogens is 4. The van der Waals surface area contributed by atoms with Gasteiger partial charge in [-0.05, 0) is 25.3 Å². The van der Waals surface area contributed by atoms with Gasteiger partial charge in [0.15, 0.2) is 5.65 Å². The molecule has 0 fully saturated rings. The number of fused-ring (bicyclic) bond motifs is 1. The van der Waals surface area contributed by atoms with Crippen molar-refractivity contribution in [3.8, 4) is 16.9 Å². The van der Waals surface area contributed by atoms with Crippen molar-refractivity contribution in [3.63, 3.8) is 0 Å². The van der Waals surface area contributed by atoms with Crippen LogP contribution >= 0.6 is 35.0 Å². The first-order valence-electron chi connectivity index (χ1n) is 8.64. The highest BCUT2D eigenvalue weighted by Gasteiger charge is 2.33. The van der Waals surface area contributed by atoms with Gasteiger partial charge in [-0.3, -0.25) is 0 Å². The van der Waals surface area contributed by atoms with Gasteiger partial charge in [0, 0.05) is 5.56 Å². The van der Waals surface area contributed by atoms with Crippen LogP contribution in [0.15, 0.2) is 47.5 Å². The van der Waals surface area contributed by atoms with Crippen molar-refractivity contribution in [2.24, 2.45) is 0 Å². The lowest BCUT2D eigenvalue weighted by Gasteiger charge is -2.13. The maximum atomic E-state index is 13.1. The van der Waals surface area contributed by atoms with E-state index in [1.807, 2.05) is 36.6 Å². The summed E-state index contributed by atoms with van der Waals surface area (Å²) in [4.78, 5) is 9.08. The van der Waals surface area contributed by atoms with E-state index in [1.165, 1.54) is 16.4 Å². The first-order chi connectivity index (χ1) is 14.2. The Labute approximate surface area is 184 Å². The third-order valence-electron chi connectivity index (χ3n) is 4.40. The van der Waals surface area contributed by atoms with Gasteiger partial charge in [-0.2, -0.15) is 18.3 Å². The minimum Gasteiger partial charge on any atom is -0.232 e. The van der Waals surface area contributed by atoms with Crippen molar-refractivity contribution < 1.29 is 13.2 Å². The molecule has 0 aliphatic rings. The van der Waals surface area contributed by atoms with Crippen molar-refractivity contribution in [1.82, 2.24) is 19.7 Å². The van der Waals surface area contributed by atoms with Crippen molar-refractivity contribution in [3.05, 3.63) is 63.9 Å². The van der Waals surface area contributed by atoms with E-state index in [2.05, 4.69) is 15.1 Å². The molecule has 4 nitrogen and oxygen atoms in total. The summed E-state index contributed by atoms with van der Waals surface area (Å²) < 4.78 is 40.8. The van der Waals surface area contributed by atoms with Crippen LogP contribution in [0, 0.1) is 6.92 Å². The lowest BCUT2D eigenvalue weighted by atomic mass is 10.1. The van der Waals surface area contributed by atoms with E-state index < -0.39 is 11.7 Å². The molecule has 4 rings (SSSR count). The zero-order chi connectivity index (χ0) is 21.6. The van der Waals surface area contributed by atoms with Crippen LogP contribution in [-0.2, 0) is 6.18 Å². The zero-order valence-electron chi connectivity index (χ0n) is 15.6. The number of alkyl halides is 3. The smallest absolute Gasteiger partial charge is 0.232 e. The van der Waals surface area contributed by atoms with Crippen LogP contribution in [0.1, 0.15) is 11.4 Å². The SMILES string of the molecule is CSc1nn(-c2c(Cl)cc(C(F)(F)F)cc2Cl)c2nc(C)nc(-c3ccccc3)c12. The molecule has 0 aliphatic heterocycles. The second-order valence-electron chi connectivity index (χ2n) is 6.39. The molecular formula is C20H13Cl2F3N4S. The van der Waals surface area contributed by atoms with Crippen LogP contribution in [0.5, 0.6) is 0 Å². The summed E-state index contributed by atoms with van der Waals surface area (Å²) in [7, 11) is 0. The Balaban J connectivity index is 2.04. The maximum absolute atomic E-state index is 13.1. The van der Waals surface area contributed by atoms with Crippen LogP contribution in [0.4, 0.5) is 13.2 Å². The van der Waals surface area contributed by atoms with Gasteiger partial charge >= 0.3 is 6.18 Å². The van der Waals surface area contributed by atoms with Gasteiger partial charge in [-0.25, -0.2) is 14.6 Å². The van der Waals surface area contributed by atoms with Crippen LogP contribution in [0.2, 0.25) is 10.0 Å². The van der Waals surface area contributed by atoms with Gasteiger partial charge in [0.2, 0.25) is 0 Å². The van der Waals surface area contributed by atoms with E-state index in [-0.39, 0.29) is 15.7 Å². The molecule has 0 saturated heterocycles. The third-order valence-corrected chi connectivity index (χ3v) is 5.65. The molecule has 2 aromatic carbocycles. The molecule has 154 valence electrons. The summed E-state index contributed by atoms with van der Waals surface area (Å²) in [5.41, 5.74) is 1.15. The van der Waals surface area contributed by atoms with Gasteiger partial charge in [-0.15, -0.1) is 11.8 Å². The molecule has 0 saturated carbocycles. The maximum Gasteiger partial charge on any atom is 0.416 e. The first-order valence-corrected chi connectivity index (χ1v) is 10.6. The molecule has 0 N–H and O–H groups in total. The topological polar surface area (TPSA) is 43.6 Å². The molecule has 0 unspecified atom stereocenters. The van der Waals surface area contributed by atoms with E-state index >= 15 is 0 Å². The Morgan fingerprint density at radius 3 is 2.20 bits per heavy atom. The van der Waals surface area contributed by atoms with E-state index in [4.69, 9.17) is 23.2 Å². The Bertz CT molecular complexity index is 1230. The van der Waals surface area contributed by atoms with Gasteiger partial charge in [0.25, 0.3) is 0 Å². The third kappa shape index (κ3) is 3.64. The fourth-order valence-electron chi connectivity index (χ4n) is 3.13. The normalized spacial score (nSPS) is 12.0. The average Bonchev–Trinajstić information content (AvgIpc) is 3.05. The largest absolute Gasteiger partial charge is 0.416 e. The highest BCUT2D eigenvalue weighted by atomic mass is 35.5. The quantitative estimate of drug-likeness (QED) is 0.308. The van der Waals surface area contributed by atoms with Crippen LogP contribution in [0.3, 0.4) is 0 Å². The van der Waals surface area contributed by atoms with E-state index in [0.717, 1.165) is 17.7 Å². The van der Waals surface area contributed by atoms with E-state index in [0.29, 0.717) is 27.6 Å². The molecule has 0 spiro atoms. The van der Waals surface area contributed by atoms with Crippen LogP contribution in [0.25, 0.3) is 28.0 Å². The second-order valence-corrected chi connectivity index (χ2v) is 8.00. The lowest BCUT2D eigenvalue weighted by Crippen LogP contribution is -2.07. The van der Waals surface area contributed by atoms with E-state index in [1.54, 1.807) is 6.92 Å². The molecule has 2 aromatic heterocycles. The number of benzene rings is 2. The first kappa shape index (κ1) is 21.0. The summed E-state index contributed by atoms with van der Waals surface area (Å²) in [5.74, 6) is 0.481. The Kier molecular flexibility index (Phi) is 5.42. The van der Waals surface area contributed by atoms with Crippen LogP contribution in [-0.4, -0.2) is 26.0 Å². The summed E-state index contributed by atoms with van der Waals surface area (Å²) in [6.07, 6.45) is -2.72. The van der Waals surface area contributed by atoms with Crippen molar-refractivity contribution in [1.29, 1.82) is 0 Å². The predicted molar refractivity (Wildman–Crippen MR) is 114 cm³/mol. The molecule has 0 atom stereocenters. The van der Waals surface area contributed by atoms with Gasteiger partial charge in [-0.1, -0.05) is 53.5 Å². The van der Waals surface area contributed by atoms with Crippen molar-refractivity contribution in [2.45, 2.75) is 18.1 Å². The summed E-state index contributed by atoms with van der Waals surface area (Å²) >= 11 is 13.8. The van der Waals surface area contributed by atoms with Crippen molar-refractivity contribution >= 4 is 46.0 Å². The molecule has 2 heterocycles. The molecule has 0 bridgehead atoms. The van der Waals surface area contributed by atoms with E-state index in [9.17, 15) is 13.2 Å². The zero-order valence-corrected chi connectivity index (χ0v) is 18.0. The lowest BCUT2D eigenvalue weighted by molar-refractivity contribution is -0.137. The van der Waals surface area contributed by atoms with Gasteiger partial charge in [0.1, 0.15) is 16.5 Å². The van der Waals surface area contributed by atoms with Crippen LogP contribution < -0.4 is 0 Å². The van der Waals surface area contributed by atoms with Gasteiger partial charge in [0.05, 0.1) is 26.7 Å².